The van der Waals surface area contributed by atoms with Gasteiger partial charge in [0.05, 0.1) is 15.5 Å². The van der Waals surface area contributed by atoms with Crippen molar-refractivity contribution in [2.45, 2.75) is 55.2 Å². The third kappa shape index (κ3) is 4.32. The second-order valence-electron chi connectivity index (χ2n) is 9.08. The van der Waals surface area contributed by atoms with Crippen molar-refractivity contribution in [3.8, 4) is 0 Å². The molecule has 3 aromatic carbocycles. The maximum atomic E-state index is 13.3. The summed E-state index contributed by atoms with van der Waals surface area (Å²) in [5, 5.41) is 0. The SMILES string of the molecule is Cc1ccc(S(=O)(=O)N2CCCc3cc(NS(=O)(=O)c4ccc5c(c4)CCCC5)ccc32)cc1. The standard InChI is InChI=1S/C26H28N2O4S2/c1-19-8-12-24(13-9-19)34(31,32)28-16-4-7-22-17-23(11-15-26(22)28)27-33(29,30)25-14-10-20-5-2-3-6-21(20)18-25/h8-15,17-18,27H,2-7,16H2,1H3. The van der Waals surface area contributed by atoms with Crippen molar-refractivity contribution in [2.75, 3.05) is 15.6 Å². The Labute approximate surface area is 201 Å². The fourth-order valence-corrected chi connectivity index (χ4v) is 7.45. The maximum Gasteiger partial charge on any atom is 0.264 e. The van der Waals surface area contributed by atoms with Crippen molar-refractivity contribution in [1.29, 1.82) is 0 Å². The summed E-state index contributed by atoms with van der Waals surface area (Å²) in [7, 11) is -7.44. The summed E-state index contributed by atoms with van der Waals surface area (Å²) in [4.78, 5) is 0.512. The number of nitrogens with one attached hydrogen (secondary N) is 1. The van der Waals surface area contributed by atoms with Gasteiger partial charge in [-0.15, -0.1) is 0 Å². The molecule has 178 valence electrons. The number of anilines is 2. The Morgan fingerprint density at radius 2 is 1.38 bits per heavy atom. The first-order chi connectivity index (χ1) is 16.2. The zero-order chi connectivity index (χ0) is 23.9. The summed E-state index contributed by atoms with van der Waals surface area (Å²) in [6.07, 6.45) is 5.47. The molecule has 1 aliphatic heterocycles. The third-order valence-electron chi connectivity index (χ3n) is 6.65. The number of aryl methyl sites for hydroxylation is 4. The van der Waals surface area contributed by atoms with E-state index in [1.165, 1.54) is 9.87 Å². The molecule has 0 saturated heterocycles. The lowest BCUT2D eigenvalue weighted by molar-refractivity contribution is 0.586. The Morgan fingerprint density at radius 3 is 2.15 bits per heavy atom. The molecular weight excluding hydrogens is 468 g/mol. The second kappa shape index (κ2) is 8.74. The quantitative estimate of drug-likeness (QED) is 0.549. The molecule has 0 fully saturated rings. The first-order valence-corrected chi connectivity index (χ1v) is 14.5. The van der Waals surface area contributed by atoms with Gasteiger partial charge < -0.3 is 0 Å². The van der Waals surface area contributed by atoms with Gasteiger partial charge in [0.15, 0.2) is 0 Å². The molecule has 0 amide bonds. The molecule has 0 saturated carbocycles. The Bertz CT molecular complexity index is 1450. The van der Waals surface area contributed by atoms with Crippen LogP contribution >= 0.6 is 0 Å². The normalized spacial score (nSPS) is 16.0. The van der Waals surface area contributed by atoms with E-state index in [1.54, 1.807) is 54.6 Å². The molecule has 1 aliphatic carbocycles. The van der Waals surface area contributed by atoms with Crippen LogP contribution < -0.4 is 9.03 Å². The van der Waals surface area contributed by atoms with Gasteiger partial charge in [-0.25, -0.2) is 16.8 Å². The van der Waals surface area contributed by atoms with Crippen LogP contribution in [0.15, 0.2) is 70.5 Å². The molecule has 6 nitrogen and oxygen atoms in total. The lowest BCUT2D eigenvalue weighted by Gasteiger charge is -2.31. The molecule has 3 aromatic rings. The predicted molar refractivity (Wildman–Crippen MR) is 134 cm³/mol. The van der Waals surface area contributed by atoms with Gasteiger partial charge in [-0.05, 0) is 105 Å². The van der Waals surface area contributed by atoms with Crippen LogP contribution in [0.2, 0.25) is 0 Å². The van der Waals surface area contributed by atoms with Crippen molar-refractivity contribution >= 4 is 31.4 Å². The van der Waals surface area contributed by atoms with E-state index >= 15 is 0 Å². The van der Waals surface area contributed by atoms with E-state index in [0.29, 0.717) is 30.8 Å². The number of fused-ring (bicyclic) bond motifs is 2. The van der Waals surface area contributed by atoms with Crippen molar-refractivity contribution in [2.24, 2.45) is 0 Å². The Morgan fingerprint density at radius 1 is 0.706 bits per heavy atom. The van der Waals surface area contributed by atoms with E-state index in [1.807, 2.05) is 13.0 Å². The summed E-state index contributed by atoms with van der Waals surface area (Å²) >= 11 is 0. The minimum atomic E-state index is -3.74. The third-order valence-corrected chi connectivity index (χ3v) is 9.85. The fraction of sp³-hybridized carbons (Fsp3) is 0.308. The fourth-order valence-electron chi connectivity index (χ4n) is 4.80. The van der Waals surface area contributed by atoms with E-state index in [4.69, 9.17) is 0 Å². The number of sulfonamides is 2. The van der Waals surface area contributed by atoms with Crippen LogP contribution in [0.3, 0.4) is 0 Å². The summed E-state index contributed by atoms with van der Waals surface area (Å²) in [5.74, 6) is 0. The lowest BCUT2D eigenvalue weighted by atomic mass is 9.92. The molecule has 2 aliphatic rings. The van der Waals surface area contributed by atoms with Crippen LogP contribution in [0.25, 0.3) is 0 Å². The Kier molecular flexibility index (Phi) is 5.90. The first-order valence-electron chi connectivity index (χ1n) is 11.6. The number of hydrogen-bond donors (Lipinski definition) is 1. The number of benzene rings is 3. The molecule has 34 heavy (non-hydrogen) atoms. The zero-order valence-corrected chi connectivity index (χ0v) is 20.8. The second-order valence-corrected chi connectivity index (χ2v) is 12.6. The largest absolute Gasteiger partial charge is 0.280 e. The highest BCUT2D eigenvalue weighted by molar-refractivity contribution is 7.93. The molecule has 8 heteroatoms. The van der Waals surface area contributed by atoms with Crippen LogP contribution in [0, 0.1) is 6.92 Å². The van der Waals surface area contributed by atoms with Gasteiger partial charge in [0, 0.05) is 12.2 Å². The summed E-state index contributed by atoms with van der Waals surface area (Å²) in [5.41, 5.74) is 5.18. The highest BCUT2D eigenvalue weighted by Gasteiger charge is 2.29. The van der Waals surface area contributed by atoms with Gasteiger partial charge in [0.25, 0.3) is 20.0 Å². The van der Waals surface area contributed by atoms with Crippen molar-refractivity contribution in [3.05, 3.63) is 82.9 Å². The van der Waals surface area contributed by atoms with Crippen LogP contribution in [0.5, 0.6) is 0 Å². The van der Waals surface area contributed by atoms with Crippen LogP contribution in [-0.2, 0) is 39.3 Å². The average Bonchev–Trinajstić information content (AvgIpc) is 2.83. The van der Waals surface area contributed by atoms with Crippen molar-refractivity contribution in [1.82, 2.24) is 0 Å². The molecule has 0 unspecified atom stereocenters. The summed E-state index contributed by atoms with van der Waals surface area (Å²) < 4.78 is 56.8. The van der Waals surface area contributed by atoms with Gasteiger partial charge in [-0.2, -0.15) is 0 Å². The van der Waals surface area contributed by atoms with Crippen LogP contribution in [0.4, 0.5) is 11.4 Å². The first kappa shape index (κ1) is 22.9. The van der Waals surface area contributed by atoms with E-state index in [9.17, 15) is 16.8 Å². The predicted octanol–water partition coefficient (Wildman–Crippen LogP) is 4.82. The lowest BCUT2D eigenvalue weighted by Crippen LogP contribution is -2.35. The molecule has 5 rings (SSSR count). The van der Waals surface area contributed by atoms with Crippen molar-refractivity contribution in [3.63, 3.8) is 0 Å². The monoisotopic (exact) mass is 496 g/mol. The highest BCUT2D eigenvalue weighted by Crippen LogP contribution is 2.34. The van der Waals surface area contributed by atoms with Gasteiger partial charge in [0.1, 0.15) is 0 Å². The number of rotatable bonds is 5. The minimum absolute atomic E-state index is 0.253. The van der Waals surface area contributed by atoms with Gasteiger partial charge in [-0.1, -0.05) is 23.8 Å². The number of hydrogen-bond acceptors (Lipinski definition) is 4. The molecule has 0 atom stereocenters. The van der Waals surface area contributed by atoms with Gasteiger partial charge >= 0.3 is 0 Å². The summed E-state index contributed by atoms with van der Waals surface area (Å²) in [6, 6.07) is 17.3. The van der Waals surface area contributed by atoms with Gasteiger partial charge in [-0.3, -0.25) is 9.03 Å². The minimum Gasteiger partial charge on any atom is -0.280 e. The van der Waals surface area contributed by atoms with E-state index < -0.39 is 20.0 Å². The summed E-state index contributed by atoms with van der Waals surface area (Å²) in [6.45, 7) is 2.31. The highest BCUT2D eigenvalue weighted by atomic mass is 32.2. The molecular formula is C26H28N2O4S2. The van der Waals surface area contributed by atoms with E-state index in [2.05, 4.69) is 4.72 Å². The van der Waals surface area contributed by atoms with E-state index in [0.717, 1.165) is 42.4 Å². The molecule has 0 aromatic heterocycles. The zero-order valence-electron chi connectivity index (χ0n) is 19.1. The Balaban J connectivity index is 1.42. The van der Waals surface area contributed by atoms with E-state index in [-0.39, 0.29) is 9.79 Å². The molecule has 0 bridgehead atoms. The molecule has 0 spiro atoms. The maximum absolute atomic E-state index is 13.3. The molecule has 0 radical (unpaired) electrons. The average molecular weight is 497 g/mol. The smallest absolute Gasteiger partial charge is 0.264 e. The Hall–Kier alpha value is -2.84. The molecule has 1 heterocycles. The van der Waals surface area contributed by atoms with Crippen LogP contribution in [0.1, 0.15) is 41.5 Å². The number of nitrogens with zero attached hydrogens (tertiary/aromatic N) is 1. The topological polar surface area (TPSA) is 83.6 Å². The van der Waals surface area contributed by atoms with Crippen molar-refractivity contribution < 1.29 is 16.8 Å². The van der Waals surface area contributed by atoms with Gasteiger partial charge in [0.2, 0.25) is 0 Å². The molecule has 1 N–H and O–H groups in total. The van der Waals surface area contributed by atoms with Crippen LogP contribution in [-0.4, -0.2) is 23.4 Å².